The molecule has 0 spiro atoms. The zero-order valence-electron chi connectivity index (χ0n) is 5.31. The number of nitrogens with zero attached hydrogens (tertiary/aromatic N) is 1. The first-order chi connectivity index (χ1) is 3.18. The first-order valence-electron chi connectivity index (χ1n) is 2.47. The van der Waals surface area contributed by atoms with Crippen molar-refractivity contribution in [3.05, 3.63) is 12.7 Å². The van der Waals surface area contributed by atoms with Crippen LogP contribution in [0.25, 0.3) is 0 Å². The zero-order valence-corrected chi connectivity index (χ0v) is 5.31. The van der Waals surface area contributed by atoms with Crippen LogP contribution in [0.3, 0.4) is 0 Å². The van der Waals surface area contributed by atoms with Crippen LogP contribution in [0, 0.1) is 0 Å². The SMILES string of the molecule is [Li][CH](C=C)N(C)C. The van der Waals surface area contributed by atoms with Gasteiger partial charge in [-0.2, -0.15) is 0 Å². The molecule has 0 saturated carbocycles. The van der Waals surface area contributed by atoms with Crippen LogP contribution < -0.4 is 0 Å². The Kier molecular flexibility index (Phi) is 3.46. The van der Waals surface area contributed by atoms with Crippen molar-refractivity contribution < 1.29 is 0 Å². The Bertz CT molecular complexity index is 61.1. The van der Waals surface area contributed by atoms with E-state index in [9.17, 15) is 0 Å². The minimum atomic E-state index is 0.500. The monoisotopic (exact) mass is 91.1 g/mol. The van der Waals surface area contributed by atoms with Gasteiger partial charge < -0.3 is 0 Å². The number of likely N-dealkylation sites (N-methyl/N-ethyl adjacent to an activating group) is 1. The van der Waals surface area contributed by atoms with Gasteiger partial charge in [-0.3, -0.25) is 0 Å². The van der Waals surface area contributed by atoms with Gasteiger partial charge >= 0.3 is 54.1 Å². The third-order valence-corrected chi connectivity index (χ3v) is 1.16. The molecule has 0 rings (SSSR count). The normalized spacial score (nSPS) is 14.4. The molecule has 7 heavy (non-hydrogen) atoms. The van der Waals surface area contributed by atoms with E-state index in [0.29, 0.717) is 4.71 Å². The molecular formula is C5H10LiN. The summed E-state index contributed by atoms with van der Waals surface area (Å²) >= 11 is 2.10. The zero-order chi connectivity index (χ0) is 5.86. The quantitative estimate of drug-likeness (QED) is 0.347. The molecule has 0 aromatic rings. The van der Waals surface area contributed by atoms with Gasteiger partial charge in [0.25, 0.3) is 0 Å². The van der Waals surface area contributed by atoms with Gasteiger partial charge in [-0.1, -0.05) is 0 Å². The van der Waals surface area contributed by atoms with E-state index in [1.54, 1.807) is 0 Å². The van der Waals surface area contributed by atoms with Crippen molar-refractivity contribution in [2.24, 2.45) is 0 Å². The van der Waals surface area contributed by atoms with Crippen molar-refractivity contribution in [2.75, 3.05) is 14.1 Å². The van der Waals surface area contributed by atoms with E-state index in [1.165, 1.54) is 0 Å². The summed E-state index contributed by atoms with van der Waals surface area (Å²) in [5, 5.41) is 0. The second-order valence-electron chi connectivity index (χ2n) is 1.94. The summed E-state index contributed by atoms with van der Waals surface area (Å²) in [7, 11) is 4.07. The van der Waals surface area contributed by atoms with E-state index in [2.05, 4.69) is 29.2 Å². The number of rotatable bonds is 2. The molecule has 1 unspecified atom stereocenters. The summed E-state index contributed by atoms with van der Waals surface area (Å²) in [6.07, 6.45) is 1.92. The van der Waals surface area contributed by atoms with Crippen molar-refractivity contribution in [2.45, 2.75) is 4.71 Å². The van der Waals surface area contributed by atoms with Crippen LogP contribution in [0.4, 0.5) is 0 Å². The van der Waals surface area contributed by atoms with Gasteiger partial charge in [-0.15, -0.1) is 0 Å². The predicted octanol–water partition coefficient (Wildman–Crippen LogP) is 0.229. The Balaban J connectivity index is 3.33. The molecule has 36 valence electrons. The van der Waals surface area contributed by atoms with Crippen molar-refractivity contribution >= 4 is 17.7 Å². The van der Waals surface area contributed by atoms with Crippen LogP contribution in [0.2, 0.25) is 0 Å². The van der Waals surface area contributed by atoms with Crippen LogP contribution in [0.5, 0.6) is 0 Å². The maximum absolute atomic E-state index is 3.64. The Morgan fingerprint density at radius 2 is 2.14 bits per heavy atom. The average molecular weight is 91.1 g/mol. The van der Waals surface area contributed by atoms with Crippen LogP contribution >= 0.6 is 0 Å². The van der Waals surface area contributed by atoms with E-state index >= 15 is 0 Å². The molecular weight excluding hydrogens is 81.0 g/mol. The van der Waals surface area contributed by atoms with E-state index in [0.717, 1.165) is 0 Å². The Morgan fingerprint density at radius 1 is 1.71 bits per heavy atom. The van der Waals surface area contributed by atoms with E-state index in [1.807, 2.05) is 20.2 Å². The summed E-state index contributed by atoms with van der Waals surface area (Å²) < 4.78 is 0.500. The molecule has 0 bridgehead atoms. The first-order valence-corrected chi connectivity index (χ1v) is 2.47. The molecule has 0 aliphatic carbocycles. The van der Waals surface area contributed by atoms with Crippen LogP contribution in [-0.4, -0.2) is 41.4 Å². The fourth-order valence-electron chi connectivity index (χ4n) is 0.211. The molecule has 0 amide bonds. The molecule has 0 N–H and O–H groups in total. The Hall–Kier alpha value is 0.297. The van der Waals surface area contributed by atoms with Gasteiger partial charge in [0.1, 0.15) is 0 Å². The van der Waals surface area contributed by atoms with Crippen LogP contribution in [0.1, 0.15) is 0 Å². The topological polar surface area (TPSA) is 3.24 Å². The van der Waals surface area contributed by atoms with Crippen molar-refractivity contribution in [1.82, 2.24) is 4.90 Å². The first kappa shape index (κ1) is 7.30. The molecule has 0 fully saturated rings. The summed E-state index contributed by atoms with van der Waals surface area (Å²) in [5.74, 6) is 0. The van der Waals surface area contributed by atoms with Gasteiger partial charge in [-0.25, -0.2) is 0 Å². The number of hydrogen-bond donors (Lipinski definition) is 0. The van der Waals surface area contributed by atoms with Gasteiger partial charge in [0.2, 0.25) is 0 Å². The summed E-state index contributed by atoms with van der Waals surface area (Å²) in [6, 6.07) is 0. The van der Waals surface area contributed by atoms with E-state index < -0.39 is 0 Å². The van der Waals surface area contributed by atoms with Crippen LogP contribution in [-0.2, 0) is 0 Å². The number of hydrogen-bond acceptors (Lipinski definition) is 1. The molecule has 0 heterocycles. The average Bonchev–Trinajstić information content (AvgIpc) is 1.65. The fourth-order valence-corrected chi connectivity index (χ4v) is 0.211. The molecule has 2 heteroatoms. The molecule has 0 aromatic heterocycles. The van der Waals surface area contributed by atoms with E-state index in [4.69, 9.17) is 0 Å². The second kappa shape index (κ2) is 3.32. The summed E-state index contributed by atoms with van der Waals surface area (Å²) in [4.78, 5) is 2.10. The second-order valence-corrected chi connectivity index (χ2v) is 1.94. The Labute approximate surface area is 54.6 Å². The minimum absolute atomic E-state index is 0.500. The third kappa shape index (κ3) is 2.93. The molecule has 0 aromatic carbocycles. The molecule has 0 radical (unpaired) electrons. The molecule has 0 aliphatic rings. The van der Waals surface area contributed by atoms with Gasteiger partial charge in [0, 0.05) is 0 Å². The summed E-state index contributed by atoms with van der Waals surface area (Å²) in [6.45, 7) is 3.64. The molecule has 1 nitrogen and oxygen atoms in total. The molecule has 0 saturated heterocycles. The van der Waals surface area contributed by atoms with Crippen molar-refractivity contribution in [1.29, 1.82) is 0 Å². The summed E-state index contributed by atoms with van der Waals surface area (Å²) in [5.41, 5.74) is 0. The molecule has 0 aliphatic heterocycles. The predicted molar refractivity (Wildman–Crippen MR) is 33.4 cm³/mol. The van der Waals surface area contributed by atoms with Gasteiger partial charge in [-0.05, 0) is 0 Å². The molecule has 1 atom stereocenters. The fraction of sp³-hybridized carbons (Fsp3) is 0.600. The van der Waals surface area contributed by atoms with Crippen molar-refractivity contribution in [3.63, 3.8) is 0 Å². The standard InChI is InChI=1S/C5H10N.Li/c1-4-5-6(2)3;/h4-5H,1H2,2-3H3;. The van der Waals surface area contributed by atoms with Gasteiger partial charge in [0.05, 0.1) is 0 Å². The van der Waals surface area contributed by atoms with Crippen molar-refractivity contribution in [3.8, 4) is 0 Å². The van der Waals surface area contributed by atoms with Crippen LogP contribution in [0.15, 0.2) is 12.7 Å². The van der Waals surface area contributed by atoms with Gasteiger partial charge in [0.15, 0.2) is 0 Å². The Morgan fingerprint density at radius 3 is 2.14 bits per heavy atom. The maximum atomic E-state index is 3.64. The van der Waals surface area contributed by atoms with E-state index in [-0.39, 0.29) is 0 Å². The third-order valence-electron chi connectivity index (χ3n) is 1.16.